The van der Waals surface area contributed by atoms with Crippen LogP contribution in [-0.2, 0) is 6.42 Å². The highest BCUT2D eigenvalue weighted by molar-refractivity contribution is 7.17. The number of hydrogen-bond donors (Lipinski definition) is 1. The lowest BCUT2D eigenvalue weighted by atomic mass is 9.70. The van der Waals surface area contributed by atoms with Crippen LogP contribution in [0.2, 0.25) is 0 Å². The van der Waals surface area contributed by atoms with Crippen LogP contribution in [0.3, 0.4) is 0 Å². The van der Waals surface area contributed by atoms with Crippen LogP contribution in [0, 0.1) is 17.8 Å². The quantitative estimate of drug-likeness (QED) is 0.811. The molecule has 20 heavy (non-hydrogen) atoms. The predicted octanol–water partition coefficient (Wildman–Crippen LogP) is 4.72. The molecule has 1 saturated carbocycles. The van der Waals surface area contributed by atoms with Gasteiger partial charge >= 0.3 is 0 Å². The van der Waals surface area contributed by atoms with Crippen molar-refractivity contribution in [2.45, 2.75) is 33.1 Å². The van der Waals surface area contributed by atoms with E-state index in [0.717, 1.165) is 24.3 Å². The molecule has 0 amide bonds. The third kappa shape index (κ3) is 3.07. The molecule has 2 aromatic rings. The Morgan fingerprint density at radius 3 is 2.75 bits per heavy atom. The second-order valence-corrected chi connectivity index (χ2v) is 7.52. The van der Waals surface area contributed by atoms with Crippen molar-refractivity contribution >= 4 is 21.4 Å². The average Bonchev–Trinajstić information content (AvgIpc) is 2.83. The number of thiophene rings is 1. The van der Waals surface area contributed by atoms with Crippen LogP contribution in [0.5, 0.6) is 0 Å². The first kappa shape index (κ1) is 14.1. The van der Waals surface area contributed by atoms with Crippen LogP contribution in [0.15, 0.2) is 29.6 Å². The fourth-order valence-electron chi connectivity index (χ4n) is 3.21. The van der Waals surface area contributed by atoms with Crippen LogP contribution >= 0.6 is 11.3 Å². The summed E-state index contributed by atoms with van der Waals surface area (Å²) in [4.78, 5) is 0. The number of benzene rings is 1. The van der Waals surface area contributed by atoms with Crippen LogP contribution in [0.1, 0.15) is 32.3 Å². The van der Waals surface area contributed by atoms with E-state index in [4.69, 9.17) is 0 Å². The van der Waals surface area contributed by atoms with Gasteiger partial charge in [-0.15, -0.1) is 11.3 Å². The average molecular weight is 287 g/mol. The standard InChI is InChI=1S/C18H25NS/c1-13(2)10-19-11-15-8-7-14(15)9-16-12-20-18-6-4-3-5-17(16)18/h3-6,12-15,19H,7-11H2,1-2H3. The van der Waals surface area contributed by atoms with Crippen molar-refractivity contribution in [2.75, 3.05) is 13.1 Å². The Kier molecular flexibility index (Phi) is 4.42. The molecule has 0 saturated heterocycles. The van der Waals surface area contributed by atoms with E-state index in [1.807, 2.05) is 11.3 Å². The fraction of sp³-hybridized carbons (Fsp3) is 0.556. The first-order chi connectivity index (χ1) is 9.74. The Morgan fingerprint density at radius 1 is 1.20 bits per heavy atom. The van der Waals surface area contributed by atoms with Crippen molar-refractivity contribution in [3.63, 3.8) is 0 Å². The van der Waals surface area contributed by atoms with E-state index in [9.17, 15) is 0 Å². The van der Waals surface area contributed by atoms with Gasteiger partial charge in [0.05, 0.1) is 0 Å². The number of hydrogen-bond acceptors (Lipinski definition) is 2. The van der Waals surface area contributed by atoms with Crippen molar-refractivity contribution in [1.82, 2.24) is 5.32 Å². The smallest absolute Gasteiger partial charge is 0.0345 e. The van der Waals surface area contributed by atoms with E-state index in [0.29, 0.717) is 0 Å². The molecule has 1 aromatic heterocycles. The van der Waals surface area contributed by atoms with Crippen molar-refractivity contribution in [3.05, 3.63) is 35.2 Å². The maximum atomic E-state index is 3.64. The summed E-state index contributed by atoms with van der Waals surface area (Å²) in [7, 11) is 0. The maximum absolute atomic E-state index is 3.64. The lowest BCUT2D eigenvalue weighted by Gasteiger charge is -2.37. The van der Waals surface area contributed by atoms with Gasteiger partial charge in [-0.3, -0.25) is 0 Å². The van der Waals surface area contributed by atoms with Gasteiger partial charge in [0, 0.05) is 4.70 Å². The molecule has 2 heteroatoms. The third-order valence-corrected chi connectivity index (χ3v) is 5.59. The zero-order valence-electron chi connectivity index (χ0n) is 12.6. The zero-order chi connectivity index (χ0) is 13.9. The Morgan fingerprint density at radius 2 is 2.00 bits per heavy atom. The molecule has 108 valence electrons. The molecule has 1 heterocycles. The van der Waals surface area contributed by atoms with E-state index >= 15 is 0 Å². The number of rotatable bonds is 6. The summed E-state index contributed by atoms with van der Waals surface area (Å²) in [5.41, 5.74) is 1.57. The topological polar surface area (TPSA) is 12.0 Å². The molecular formula is C18H25NS. The second kappa shape index (κ2) is 6.28. The molecule has 1 N–H and O–H groups in total. The van der Waals surface area contributed by atoms with E-state index in [1.54, 1.807) is 5.56 Å². The molecule has 0 aliphatic heterocycles. The minimum absolute atomic E-state index is 0.759. The highest BCUT2D eigenvalue weighted by atomic mass is 32.1. The highest BCUT2D eigenvalue weighted by Gasteiger charge is 2.30. The summed E-state index contributed by atoms with van der Waals surface area (Å²) < 4.78 is 1.44. The molecule has 1 nitrogen and oxygen atoms in total. The maximum Gasteiger partial charge on any atom is 0.0345 e. The molecule has 1 aromatic carbocycles. The summed E-state index contributed by atoms with van der Waals surface area (Å²) in [5, 5.41) is 7.50. The minimum atomic E-state index is 0.759. The van der Waals surface area contributed by atoms with Crippen molar-refractivity contribution in [2.24, 2.45) is 17.8 Å². The van der Waals surface area contributed by atoms with Gasteiger partial charge < -0.3 is 5.32 Å². The van der Waals surface area contributed by atoms with Gasteiger partial charge in [0.1, 0.15) is 0 Å². The fourth-order valence-corrected chi connectivity index (χ4v) is 4.18. The Hall–Kier alpha value is -0.860. The molecule has 1 aliphatic rings. The largest absolute Gasteiger partial charge is 0.316 e. The van der Waals surface area contributed by atoms with Crippen molar-refractivity contribution in [1.29, 1.82) is 0 Å². The normalized spacial score (nSPS) is 22.4. The first-order valence-corrected chi connectivity index (χ1v) is 8.78. The molecule has 0 spiro atoms. The minimum Gasteiger partial charge on any atom is -0.316 e. The SMILES string of the molecule is CC(C)CNCC1CCC1Cc1csc2ccccc12. The molecule has 2 unspecified atom stereocenters. The van der Waals surface area contributed by atoms with E-state index in [2.05, 4.69) is 48.8 Å². The van der Waals surface area contributed by atoms with E-state index < -0.39 is 0 Å². The van der Waals surface area contributed by atoms with Crippen LogP contribution in [0.4, 0.5) is 0 Å². The van der Waals surface area contributed by atoms with Crippen LogP contribution in [-0.4, -0.2) is 13.1 Å². The molecule has 2 atom stereocenters. The van der Waals surface area contributed by atoms with Crippen molar-refractivity contribution < 1.29 is 0 Å². The van der Waals surface area contributed by atoms with Gasteiger partial charge in [-0.2, -0.15) is 0 Å². The van der Waals surface area contributed by atoms with E-state index in [-0.39, 0.29) is 0 Å². The summed E-state index contributed by atoms with van der Waals surface area (Å²) in [6.07, 6.45) is 4.11. The Labute approximate surface area is 126 Å². The van der Waals surface area contributed by atoms with E-state index in [1.165, 1.54) is 35.9 Å². The highest BCUT2D eigenvalue weighted by Crippen LogP contribution is 2.38. The van der Waals surface area contributed by atoms with Gasteiger partial charge in [0.15, 0.2) is 0 Å². The van der Waals surface area contributed by atoms with Gasteiger partial charge in [-0.25, -0.2) is 0 Å². The molecule has 0 radical (unpaired) electrons. The zero-order valence-corrected chi connectivity index (χ0v) is 13.4. The molecule has 1 aliphatic carbocycles. The number of nitrogens with one attached hydrogen (secondary N) is 1. The molecule has 1 fully saturated rings. The summed E-state index contributed by atoms with van der Waals surface area (Å²) >= 11 is 1.90. The number of fused-ring (bicyclic) bond motifs is 1. The van der Waals surface area contributed by atoms with Gasteiger partial charge in [-0.05, 0) is 72.5 Å². The lowest BCUT2D eigenvalue weighted by Crippen LogP contribution is -2.37. The van der Waals surface area contributed by atoms with Gasteiger partial charge in [-0.1, -0.05) is 32.0 Å². The van der Waals surface area contributed by atoms with Crippen LogP contribution < -0.4 is 5.32 Å². The van der Waals surface area contributed by atoms with Gasteiger partial charge in [0.2, 0.25) is 0 Å². The summed E-state index contributed by atoms with van der Waals surface area (Å²) in [6.45, 7) is 6.93. The summed E-state index contributed by atoms with van der Waals surface area (Å²) in [5.74, 6) is 2.55. The Balaban J connectivity index is 1.58. The van der Waals surface area contributed by atoms with Crippen molar-refractivity contribution in [3.8, 4) is 0 Å². The second-order valence-electron chi connectivity index (χ2n) is 6.61. The lowest BCUT2D eigenvalue weighted by molar-refractivity contribution is 0.170. The Bertz CT molecular complexity index is 557. The molecule has 3 rings (SSSR count). The predicted molar refractivity (Wildman–Crippen MR) is 89.5 cm³/mol. The third-order valence-electron chi connectivity index (χ3n) is 4.58. The van der Waals surface area contributed by atoms with Crippen LogP contribution in [0.25, 0.3) is 10.1 Å². The first-order valence-electron chi connectivity index (χ1n) is 7.90. The molecular weight excluding hydrogens is 262 g/mol. The summed E-state index contributed by atoms with van der Waals surface area (Å²) in [6, 6.07) is 8.84. The molecule has 0 bridgehead atoms. The monoisotopic (exact) mass is 287 g/mol. The van der Waals surface area contributed by atoms with Gasteiger partial charge in [0.25, 0.3) is 0 Å².